The predicted molar refractivity (Wildman–Crippen MR) is 65.1 cm³/mol. The maximum absolute atomic E-state index is 13.0. The molecule has 5 heteroatoms. The second-order valence-corrected chi connectivity index (χ2v) is 4.04. The lowest BCUT2D eigenvalue weighted by Gasteiger charge is -2.07. The monoisotopic (exact) mass is 264 g/mol. The van der Waals surface area contributed by atoms with Gasteiger partial charge in [-0.05, 0) is 29.8 Å². The van der Waals surface area contributed by atoms with Gasteiger partial charge in [-0.3, -0.25) is 0 Å². The highest BCUT2D eigenvalue weighted by Gasteiger charge is 2.17. The van der Waals surface area contributed by atoms with Gasteiger partial charge in [-0.15, -0.1) is 0 Å². The Morgan fingerprint density at radius 3 is 2.89 bits per heavy atom. The molecule has 0 spiro atoms. The van der Waals surface area contributed by atoms with E-state index in [-0.39, 0.29) is 23.8 Å². The van der Waals surface area contributed by atoms with Crippen molar-refractivity contribution in [2.75, 3.05) is 7.11 Å². The molecule has 19 heavy (non-hydrogen) atoms. The summed E-state index contributed by atoms with van der Waals surface area (Å²) in [6.45, 7) is 0. The van der Waals surface area contributed by atoms with Crippen LogP contribution in [0, 0.1) is 5.82 Å². The number of ether oxygens (including phenoxy) is 1. The molecule has 0 fully saturated rings. The molecule has 0 bridgehead atoms. The normalized spacial score (nSPS) is 12.2. The molecule has 0 amide bonds. The van der Waals surface area contributed by atoms with Crippen molar-refractivity contribution in [2.24, 2.45) is 0 Å². The zero-order valence-corrected chi connectivity index (χ0v) is 10.3. The Bertz CT molecular complexity index is 576. The number of carbonyl (C=O) groups excluding carboxylic acids is 1. The van der Waals surface area contributed by atoms with Gasteiger partial charge in [0.2, 0.25) is 5.76 Å². The molecule has 1 aromatic heterocycles. The Hall–Kier alpha value is -2.14. The molecule has 2 rings (SSSR count). The number of hydrogen-bond acceptors (Lipinski definition) is 4. The molecule has 1 aromatic carbocycles. The van der Waals surface area contributed by atoms with Crippen molar-refractivity contribution in [2.45, 2.75) is 12.5 Å². The second kappa shape index (κ2) is 5.67. The topological polar surface area (TPSA) is 59.7 Å². The number of rotatable bonds is 4. The summed E-state index contributed by atoms with van der Waals surface area (Å²) in [6.07, 6.45) is -0.744. The van der Waals surface area contributed by atoms with E-state index in [0.29, 0.717) is 5.56 Å². The van der Waals surface area contributed by atoms with Crippen LogP contribution in [0.3, 0.4) is 0 Å². The van der Waals surface area contributed by atoms with Crippen molar-refractivity contribution >= 4 is 5.97 Å². The molecular weight excluding hydrogens is 251 g/mol. The molecule has 1 unspecified atom stereocenters. The van der Waals surface area contributed by atoms with Gasteiger partial charge in [-0.2, -0.15) is 0 Å². The number of benzene rings is 1. The largest absolute Gasteiger partial charge is 0.463 e. The Kier molecular flexibility index (Phi) is 3.97. The highest BCUT2D eigenvalue weighted by molar-refractivity contribution is 5.86. The first kappa shape index (κ1) is 13.3. The highest BCUT2D eigenvalue weighted by atomic mass is 19.1. The van der Waals surface area contributed by atoms with E-state index in [1.807, 2.05) is 0 Å². The van der Waals surface area contributed by atoms with Crippen LogP contribution in [-0.4, -0.2) is 18.2 Å². The molecule has 0 aliphatic carbocycles. The van der Waals surface area contributed by atoms with Crippen molar-refractivity contribution in [1.29, 1.82) is 0 Å². The van der Waals surface area contributed by atoms with Gasteiger partial charge in [0, 0.05) is 6.42 Å². The van der Waals surface area contributed by atoms with Gasteiger partial charge >= 0.3 is 5.97 Å². The lowest BCUT2D eigenvalue weighted by molar-refractivity contribution is 0.0555. The molecular formula is C14H13FO4. The van der Waals surface area contributed by atoms with E-state index >= 15 is 0 Å². The van der Waals surface area contributed by atoms with Crippen LogP contribution in [-0.2, 0) is 11.2 Å². The molecule has 0 aliphatic heterocycles. The summed E-state index contributed by atoms with van der Waals surface area (Å²) in [5.74, 6) is -0.705. The third-order valence-electron chi connectivity index (χ3n) is 2.66. The lowest BCUT2D eigenvalue weighted by atomic mass is 10.1. The van der Waals surface area contributed by atoms with Gasteiger partial charge in [0.05, 0.1) is 7.11 Å². The number of aliphatic hydroxyl groups is 1. The fourth-order valence-electron chi connectivity index (χ4n) is 1.73. The van der Waals surface area contributed by atoms with Gasteiger partial charge in [0.15, 0.2) is 0 Å². The van der Waals surface area contributed by atoms with Gasteiger partial charge in [-0.25, -0.2) is 9.18 Å². The van der Waals surface area contributed by atoms with Crippen LogP contribution in [0.5, 0.6) is 0 Å². The van der Waals surface area contributed by atoms with Crippen LogP contribution in [0.25, 0.3) is 0 Å². The number of carbonyl (C=O) groups is 1. The van der Waals surface area contributed by atoms with Crippen LogP contribution in [0.1, 0.15) is 28.0 Å². The van der Waals surface area contributed by atoms with Crippen molar-refractivity contribution in [3.05, 3.63) is 59.3 Å². The average molecular weight is 264 g/mol. The van der Waals surface area contributed by atoms with E-state index in [2.05, 4.69) is 4.74 Å². The van der Waals surface area contributed by atoms with Crippen LogP contribution in [0.15, 0.2) is 40.8 Å². The van der Waals surface area contributed by atoms with Crippen molar-refractivity contribution in [3.8, 4) is 0 Å². The fraction of sp³-hybridized carbons (Fsp3) is 0.214. The molecule has 0 saturated carbocycles. The second-order valence-electron chi connectivity index (χ2n) is 4.04. The molecule has 1 atom stereocenters. The number of aliphatic hydroxyl groups excluding tert-OH is 1. The minimum atomic E-state index is -0.944. The first-order valence-electron chi connectivity index (χ1n) is 5.70. The number of halogens is 1. The van der Waals surface area contributed by atoms with Crippen LogP contribution >= 0.6 is 0 Å². The minimum absolute atomic E-state index is 0.0239. The fourth-order valence-corrected chi connectivity index (χ4v) is 1.73. The van der Waals surface area contributed by atoms with Gasteiger partial charge < -0.3 is 14.3 Å². The molecule has 0 saturated heterocycles. The summed E-state index contributed by atoms with van der Waals surface area (Å²) in [6, 6.07) is 8.87. The van der Waals surface area contributed by atoms with E-state index < -0.39 is 12.1 Å². The zero-order chi connectivity index (χ0) is 13.8. The Morgan fingerprint density at radius 1 is 1.42 bits per heavy atom. The summed E-state index contributed by atoms with van der Waals surface area (Å²) in [5.41, 5.74) is 0.642. The molecule has 0 radical (unpaired) electrons. The van der Waals surface area contributed by atoms with E-state index in [9.17, 15) is 14.3 Å². The van der Waals surface area contributed by atoms with Crippen LogP contribution < -0.4 is 0 Å². The quantitative estimate of drug-likeness (QED) is 0.862. The van der Waals surface area contributed by atoms with E-state index in [0.717, 1.165) is 0 Å². The lowest BCUT2D eigenvalue weighted by Crippen LogP contribution is -2.02. The zero-order valence-electron chi connectivity index (χ0n) is 10.3. The predicted octanol–water partition coefficient (Wildman–Crippen LogP) is 2.48. The third kappa shape index (κ3) is 3.20. The molecule has 1 N–H and O–H groups in total. The highest BCUT2D eigenvalue weighted by Crippen LogP contribution is 2.21. The molecule has 2 aromatic rings. The van der Waals surface area contributed by atoms with E-state index in [4.69, 9.17) is 4.42 Å². The molecule has 1 heterocycles. The number of methoxy groups -OCH3 is 1. The van der Waals surface area contributed by atoms with Crippen LogP contribution in [0.2, 0.25) is 0 Å². The molecule has 4 nitrogen and oxygen atoms in total. The number of hydrogen-bond donors (Lipinski definition) is 1. The average Bonchev–Trinajstić information content (AvgIpc) is 2.87. The van der Waals surface area contributed by atoms with Crippen LogP contribution in [0.4, 0.5) is 4.39 Å². The van der Waals surface area contributed by atoms with Crippen molar-refractivity contribution in [1.82, 2.24) is 0 Å². The standard InChI is InChI=1S/C14H13FO4/c1-18-14(17)13-6-5-12(19-13)11(16)8-9-3-2-4-10(15)7-9/h2-7,11,16H,8H2,1H3. The SMILES string of the molecule is COC(=O)c1ccc(C(O)Cc2cccc(F)c2)o1. The van der Waals surface area contributed by atoms with E-state index in [1.165, 1.54) is 31.4 Å². The summed E-state index contributed by atoms with van der Waals surface area (Å²) in [7, 11) is 1.24. The van der Waals surface area contributed by atoms with Gasteiger partial charge in [0.25, 0.3) is 0 Å². The smallest absolute Gasteiger partial charge is 0.373 e. The maximum atomic E-state index is 13.0. The number of esters is 1. The minimum Gasteiger partial charge on any atom is -0.463 e. The first-order valence-corrected chi connectivity index (χ1v) is 5.70. The summed E-state index contributed by atoms with van der Waals surface area (Å²) in [5, 5.41) is 9.96. The molecule has 100 valence electrons. The summed E-state index contributed by atoms with van der Waals surface area (Å²) < 4.78 is 22.7. The third-order valence-corrected chi connectivity index (χ3v) is 2.66. The Balaban J connectivity index is 2.09. The molecule has 0 aliphatic rings. The first-order chi connectivity index (χ1) is 9.10. The number of furan rings is 1. The Labute approximate surface area is 109 Å². The van der Waals surface area contributed by atoms with Crippen molar-refractivity contribution in [3.63, 3.8) is 0 Å². The van der Waals surface area contributed by atoms with E-state index in [1.54, 1.807) is 12.1 Å². The van der Waals surface area contributed by atoms with Gasteiger partial charge in [-0.1, -0.05) is 12.1 Å². The maximum Gasteiger partial charge on any atom is 0.373 e. The Morgan fingerprint density at radius 2 is 2.21 bits per heavy atom. The van der Waals surface area contributed by atoms with Gasteiger partial charge in [0.1, 0.15) is 17.7 Å². The summed E-state index contributed by atoms with van der Waals surface area (Å²) >= 11 is 0. The van der Waals surface area contributed by atoms with Crippen molar-refractivity contribution < 1.29 is 23.4 Å². The summed E-state index contributed by atoms with van der Waals surface area (Å²) in [4.78, 5) is 11.2.